The second kappa shape index (κ2) is 5.34. The summed E-state index contributed by atoms with van der Waals surface area (Å²) in [5.74, 6) is -0.0587. The van der Waals surface area contributed by atoms with E-state index in [0.717, 1.165) is 6.26 Å². The maximum atomic E-state index is 11.3. The molecule has 0 aliphatic heterocycles. The fourth-order valence-electron chi connectivity index (χ4n) is 1.56. The molecular weight excluding hydrogens is 280 g/mol. The van der Waals surface area contributed by atoms with E-state index in [1.165, 1.54) is 36.4 Å². The summed E-state index contributed by atoms with van der Waals surface area (Å²) in [5.41, 5.74) is 0.171. The second-order valence-corrected chi connectivity index (χ2v) is 6.19. The molecule has 0 saturated heterocycles. The van der Waals surface area contributed by atoms with Gasteiger partial charge in [-0.1, -0.05) is 0 Å². The van der Waals surface area contributed by atoms with Crippen LogP contribution >= 0.6 is 0 Å². The molecule has 0 saturated carbocycles. The topological polar surface area (TPSA) is 80.7 Å². The van der Waals surface area contributed by atoms with Crippen LogP contribution in [-0.4, -0.2) is 25.7 Å². The number of sulfone groups is 1. The van der Waals surface area contributed by atoms with Crippen molar-refractivity contribution < 1.29 is 23.1 Å². The van der Waals surface area contributed by atoms with Crippen molar-refractivity contribution in [1.82, 2.24) is 0 Å². The summed E-state index contributed by atoms with van der Waals surface area (Å²) in [5, 5.41) is 8.77. The highest BCUT2D eigenvalue weighted by Crippen LogP contribution is 2.23. The number of carboxylic acid groups (broad SMARTS) is 1. The Morgan fingerprint density at radius 1 is 0.950 bits per heavy atom. The lowest BCUT2D eigenvalue weighted by Gasteiger charge is -2.06. The van der Waals surface area contributed by atoms with Gasteiger partial charge in [0.2, 0.25) is 0 Å². The van der Waals surface area contributed by atoms with Gasteiger partial charge in [0, 0.05) is 6.26 Å². The molecule has 6 heteroatoms. The Morgan fingerprint density at radius 3 is 1.80 bits per heavy atom. The summed E-state index contributed by atoms with van der Waals surface area (Å²) >= 11 is 0. The van der Waals surface area contributed by atoms with Crippen LogP contribution in [0.5, 0.6) is 11.5 Å². The molecule has 0 heterocycles. The van der Waals surface area contributed by atoms with E-state index >= 15 is 0 Å². The van der Waals surface area contributed by atoms with Gasteiger partial charge < -0.3 is 9.84 Å². The molecule has 0 aliphatic carbocycles. The van der Waals surface area contributed by atoms with Crippen LogP contribution < -0.4 is 4.74 Å². The summed E-state index contributed by atoms with van der Waals surface area (Å²) in [4.78, 5) is 10.9. The predicted molar refractivity (Wildman–Crippen MR) is 73.0 cm³/mol. The molecule has 2 aromatic rings. The molecule has 0 amide bonds. The van der Waals surface area contributed by atoms with Crippen molar-refractivity contribution in [3.8, 4) is 11.5 Å². The normalized spacial score (nSPS) is 11.1. The minimum absolute atomic E-state index is 0.171. The first-order chi connectivity index (χ1) is 9.36. The van der Waals surface area contributed by atoms with Gasteiger partial charge in [-0.3, -0.25) is 0 Å². The molecule has 0 spiro atoms. The fourth-order valence-corrected chi connectivity index (χ4v) is 2.19. The summed E-state index contributed by atoms with van der Waals surface area (Å²) in [6.07, 6.45) is 1.13. The molecule has 0 aliphatic rings. The lowest BCUT2D eigenvalue weighted by atomic mass is 10.2. The highest BCUT2D eigenvalue weighted by molar-refractivity contribution is 7.90. The van der Waals surface area contributed by atoms with Gasteiger partial charge in [-0.25, -0.2) is 13.2 Å². The molecule has 1 N–H and O–H groups in total. The Kier molecular flexibility index (Phi) is 3.76. The van der Waals surface area contributed by atoms with E-state index in [1.807, 2.05) is 0 Å². The van der Waals surface area contributed by atoms with E-state index in [0.29, 0.717) is 11.5 Å². The second-order valence-electron chi connectivity index (χ2n) is 4.18. The lowest BCUT2D eigenvalue weighted by molar-refractivity contribution is 0.0697. The van der Waals surface area contributed by atoms with Crippen LogP contribution in [0.15, 0.2) is 53.4 Å². The van der Waals surface area contributed by atoms with Crippen molar-refractivity contribution in [1.29, 1.82) is 0 Å². The molecule has 104 valence electrons. The number of aromatic carboxylic acids is 1. The number of hydrogen-bond donors (Lipinski definition) is 1. The van der Waals surface area contributed by atoms with E-state index in [2.05, 4.69) is 0 Å². The number of carbonyl (C=O) groups is 1. The highest BCUT2D eigenvalue weighted by Gasteiger charge is 2.07. The first-order valence-electron chi connectivity index (χ1n) is 5.67. The Bertz CT molecular complexity index is 715. The van der Waals surface area contributed by atoms with E-state index < -0.39 is 15.8 Å². The average molecular weight is 292 g/mol. The number of hydrogen-bond acceptors (Lipinski definition) is 4. The standard InChI is InChI=1S/C14H12O5S/c1-20(17,18)13-8-6-12(7-9-13)19-11-4-2-10(3-5-11)14(15)16/h2-9H,1H3,(H,15,16). The SMILES string of the molecule is CS(=O)(=O)c1ccc(Oc2ccc(C(=O)O)cc2)cc1. The first kappa shape index (κ1) is 14.1. The van der Waals surface area contributed by atoms with Gasteiger partial charge in [0.15, 0.2) is 9.84 Å². The third-order valence-electron chi connectivity index (χ3n) is 2.59. The number of rotatable bonds is 4. The van der Waals surface area contributed by atoms with E-state index in [9.17, 15) is 13.2 Å². The monoisotopic (exact) mass is 292 g/mol. The van der Waals surface area contributed by atoms with Crippen LogP contribution in [0.2, 0.25) is 0 Å². The van der Waals surface area contributed by atoms with Crippen molar-refractivity contribution in [3.05, 3.63) is 54.1 Å². The van der Waals surface area contributed by atoms with Gasteiger partial charge in [0.1, 0.15) is 11.5 Å². The first-order valence-corrected chi connectivity index (χ1v) is 7.57. The van der Waals surface area contributed by atoms with Crippen molar-refractivity contribution in [2.24, 2.45) is 0 Å². The van der Waals surface area contributed by atoms with Gasteiger partial charge in [-0.15, -0.1) is 0 Å². The van der Waals surface area contributed by atoms with Crippen LogP contribution in [0.4, 0.5) is 0 Å². The predicted octanol–water partition coefficient (Wildman–Crippen LogP) is 2.58. The number of carboxylic acids is 1. The van der Waals surface area contributed by atoms with Crippen molar-refractivity contribution in [2.75, 3.05) is 6.26 Å². The largest absolute Gasteiger partial charge is 0.478 e. The molecule has 20 heavy (non-hydrogen) atoms. The Hall–Kier alpha value is -2.34. The van der Waals surface area contributed by atoms with E-state index in [1.54, 1.807) is 12.1 Å². The minimum Gasteiger partial charge on any atom is -0.478 e. The molecule has 0 fully saturated rings. The van der Waals surface area contributed by atoms with E-state index in [-0.39, 0.29) is 10.5 Å². The molecule has 2 aromatic carbocycles. The van der Waals surface area contributed by atoms with Crippen LogP contribution in [0, 0.1) is 0 Å². The molecule has 5 nitrogen and oxygen atoms in total. The van der Waals surface area contributed by atoms with Crippen molar-refractivity contribution in [2.45, 2.75) is 4.90 Å². The van der Waals surface area contributed by atoms with Crippen LogP contribution in [0.25, 0.3) is 0 Å². The molecular formula is C14H12O5S. The molecule has 0 radical (unpaired) electrons. The maximum Gasteiger partial charge on any atom is 0.335 e. The van der Waals surface area contributed by atoms with Gasteiger partial charge >= 0.3 is 5.97 Å². The summed E-state index contributed by atoms with van der Waals surface area (Å²) < 4.78 is 28.1. The van der Waals surface area contributed by atoms with Gasteiger partial charge in [-0.2, -0.15) is 0 Å². The molecule has 0 unspecified atom stereocenters. The van der Waals surface area contributed by atoms with Crippen LogP contribution in [0.3, 0.4) is 0 Å². The molecule has 0 aromatic heterocycles. The Labute approximate surface area is 116 Å². The molecule has 2 rings (SSSR count). The smallest absolute Gasteiger partial charge is 0.335 e. The van der Waals surface area contributed by atoms with Crippen LogP contribution in [-0.2, 0) is 9.84 Å². The summed E-state index contributed by atoms with van der Waals surface area (Å²) in [6, 6.07) is 11.9. The van der Waals surface area contributed by atoms with Gasteiger partial charge in [-0.05, 0) is 48.5 Å². The Morgan fingerprint density at radius 2 is 1.40 bits per heavy atom. The quantitative estimate of drug-likeness (QED) is 0.936. The van der Waals surface area contributed by atoms with E-state index in [4.69, 9.17) is 9.84 Å². The van der Waals surface area contributed by atoms with Crippen molar-refractivity contribution in [3.63, 3.8) is 0 Å². The zero-order chi connectivity index (χ0) is 14.8. The zero-order valence-corrected chi connectivity index (χ0v) is 11.4. The average Bonchev–Trinajstić information content (AvgIpc) is 2.39. The zero-order valence-electron chi connectivity index (χ0n) is 10.6. The highest BCUT2D eigenvalue weighted by atomic mass is 32.2. The Balaban J connectivity index is 2.16. The third kappa shape index (κ3) is 3.36. The van der Waals surface area contributed by atoms with Gasteiger partial charge in [0.25, 0.3) is 0 Å². The fraction of sp³-hybridized carbons (Fsp3) is 0.0714. The number of benzene rings is 2. The molecule has 0 atom stereocenters. The van der Waals surface area contributed by atoms with Gasteiger partial charge in [0.05, 0.1) is 10.5 Å². The van der Waals surface area contributed by atoms with Crippen LogP contribution in [0.1, 0.15) is 10.4 Å². The molecule has 0 bridgehead atoms. The lowest BCUT2D eigenvalue weighted by Crippen LogP contribution is -1.97. The summed E-state index contributed by atoms with van der Waals surface area (Å²) in [6.45, 7) is 0. The maximum absolute atomic E-state index is 11.3. The third-order valence-corrected chi connectivity index (χ3v) is 3.72. The summed E-state index contributed by atoms with van der Waals surface area (Å²) in [7, 11) is -3.23. The minimum atomic E-state index is -3.23. The van der Waals surface area contributed by atoms with Crippen molar-refractivity contribution >= 4 is 15.8 Å². The number of ether oxygens (including phenoxy) is 1.